The normalized spacial score (nSPS) is 11.1. The Morgan fingerprint density at radius 3 is 2.35 bits per heavy atom. The van der Waals surface area contributed by atoms with Crippen molar-refractivity contribution in [3.8, 4) is 0 Å². The van der Waals surface area contributed by atoms with Crippen molar-refractivity contribution in [1.29, 1.82) is 0 Å². The van der Waals surface area contributed by atoms with Crippen LogP contribution in [0.5, 0.6) is 0 Å². The van der Waals surface area contributed by atoms with Crippen LogP contribution in [0.25, 0.3) is 0 Å². The summed E-state index contributed by atoms with van der Waals surface area (Å²) in [7, 11) is -3.86. The van der Waals surface area contributed by atoms with Crippen molar-refractivity contribution in [3.63, 3.8) is 0 Å². The van der Waals surface area contributed by atoms with Gasteiger partial charge in [-0.2, -0.15) is 0 Å². The van der Waals surface area contributed by atoms with Gasteiger partial charge in [-0.25, -0.2) is 12.8 Å². The molecule has 0 unspecified atom stereocenters. The number of carbonyl (C=O) groups is 1. The molecule has 0 atom stereocenters. The molecule has 0 saturated carbocycles. The van der Waals surface area contributed by atoms with Gasteiger partial charge in [0.1, 0.15) is 5.82 Å². The monoisotopic (exact) mass is 293 g/mol. The summed E-state index contributed by atoms with van der Waals surface area (Å²) in [6.45, 7) is 1.83. The number of aryl methyl sites for hydroxylation is 1. The van der Waals surface area contributed by atoms with Gasteiger partial charge in [0.05, 0.1) is 16.1 Å². The first-order valence-corrected chi connectivity index (χ1v) is 7.25. The van der Waals surface area contributed by atoms with Crippen LogP contribution in [0.2, 0.25) is 0 Å². The van der Waals surface area contributed by atoms with Crippen molar-refractivity contribution >= 4 is 22.0 Å². The molecule has 0 aliphatic heterocycles. The number of halogens is 1. The highest BCUT2D eigenvalue weighted by Crippen LogP contribution is 2.21. The number of carbonyl (C=O) groups excluding carboxylic acids is 1. The highest BCUT2D eigenvalue weighted by Gasteiger charge is 2.17. The average molecular weight is 293 g/mol. The predicted molar refractivity (Wildman–Crippen MR) is 73.8 cm³/mol. The minimum absolute atomic E-state index is 0.0456. The standard InChI is InChI=1S/C14H12FNO3S/c1-10-5-7-11(8-6-10)20(18,19)16-14-4-2-3-13(15)12(14)9-17/h2-9,16H,1H3. The number of sulfonamides is 1. The quantitative estimate of drug-likeness (QED) is 0.882. The number of anilines is 1. The third-order valence-corrected chi connectivity index (χ3v) is 4.13. The van der Waals surface area contributed by atoms with E-state index in [1.54, 1.807) is 12.1 Å². The Labute approximate surface area is 116 Å². The van der Waals surface area contributed by atoms with Crippen LogP contribution in [0.4, 0.5) is 10.1 Å². The highest BCUT2D eigenvalue weighted by atomic mass is 32.2. The van der Waals surface area contributed by atoms with Gasteiger partial charge in [0, 0.05) is 0 Å². The second-order valence-corrected chi connectivity index (χ2v) is 5.92. The van der Waals surface area contributed by atoms with E-state index >= 15 is 0 Å². The second kappa shape index (κ2) is 5.42. The number of benzene rings is 2. The van der Waals surface area contributed by atoms with Crippen molar-refractivity contribution in [2.24, 2.45) is 0 Å². The van der Waals surface area contributed by atoms with Gasteiger partial charge in [-0.3, -0.25) is 9.52 Å². The zero-order valence-electron chi connectivity index (χ0n) is 10.6. The van der Waals surface area contributed by atoms with E-state index in [2.05, 4.69) is 4.72 Å². The Morgan fingerprint density at radius 2 is 1.75 bits per heavy atom. The minimum Gasteiger partial charge on any atom is -0.298 e. The Balaban J connectivity index is 2.41. The van der Waals surface area contributed by atoms with E-state index in [4.69, 9.17) is 0 Å². The molecule has 1 N–H and O–H groups in total. The van der Waals surface area contributed by atoms with Crippen LogP contribution >= 0.6 is 0 Å². The van der Waals surface area contributed by atoms with E-state index in [1.165, 1.54) is 24.3 Å². The SMILES string of the molecule is Cc1ccc(S(=O)(=O)Nc2cccc(F)c2C=O)cc1. The zero-order chi connectivity index (χ0) is 14.8. The van der Waals surface area contributed by atoms with Crippen molar-refractivity contribution < 1.29 is 17.6 Å². The fourth-order valence-electron chi connectivity index (χ4n) is 1.67. The molecule has 0 spiro atoms. The lowest BCUT2D eigenvalue weighted by molar-refractivity contribution is 0.112. The fraction of sp³-hybridized carbons (Fsp3) is 0.0714. The van der Waals surface area contributed by atoms with Crippen LogP contribution in [0.1, 0.15) is 15.9 Å². The molecule has 2 rings (SSSR count). The second-order valence-electron chi connectivity index (χ2n) is 4.24. The van der Waals surface area contributed by atoms with Gasteiger partial charge in [0.15, 0.2) is 6.29 Å². The van der Waals surface area contributed by atoms with E-state index in [9.17, 15) is 17.6 Å². The van der Waals surface area contributed by atoms with Gasteiger partial charge >= 0.3 is 0 Å². The maximum atomic E-state index is 13.4. The highest BCUT2D eigenvalue weighted by molar-refractivity contribution is 7.92. The molecule has 0 saturated heterocycles. The summed E-state index contributed by atoms with van der Waals surface area (Å²) in [5.41, 5.74) is 0.520. The van der Waals surface area contributed by atoms with Crippen LogP contribution in [0, 0.1) is 12.7 Å². The van der Waals surface area contributed by atoms with Crippen molar-refractivity contribution in [2.45, 2.75) is 11.8 Å². The lowest BCUT2D eigenvalue weighted by Gasteiger charge is -2.10. The zero-order valence-corrected chi connectivity index (χ0v) is 11.4. The van der Waals surface area contributed by atoms with Gasteiger partial charge in [0.2, 0.25) is 0 Å². The lowest BCUT2D eigenvalue weighted by atomic mass is 10.2. The van der Waals surface area contributed by atoms with Crippen LogP contribution in [-0.2, 0) is 10.0 Å². The Kier molecular flexibility index (Phi) is 3.85. The maximum Gasteiger partial charge on any atom is 0.261 e. The molecule has 0 bridgehead atoms. The summed E-state index contributed by atoms with van der Waals surface area (Å²) in [6, 6.07) is 9.94. The van der Waals surface area contributed by atoms with Crippen molar-refractivity contribution in [2.75, 3.05) is 4.72 Å². The molecule has 0 heterocycles. The maximum absolute atomic E-state index is 13.4. The first kappa shape index (κ1) is 14.2. The third kappa shape index (κ3) is 2.85. The summed E-state index contributed by atoms with van der Waals surface area (Å²) in [5, 5.41) is 0. The number of rotatable bonds is 4. The average Bonchev–Trinajstić information content (AvgIpc) is 2.39. The molecule has 2 aromatic carbocycles. The van der Waals surface area contributed by atoms with Crippen molar-refractivity contribution in [3.05, 3.63) is 59.4 Å². The van der Waals surface area contributed by atoms with Gasteiger partial charge in [-0.1, -0.05) is 23.8 Å². The van der Waals surface area contributed by atoms with Gasteiger partial charge in [-0.05, 0) is 31.2 Å². The van der Waals surface area contributed by atoms with Crippen LogP contribution in [-0.4, -0.2) is 14.7 Å². The number of hydrogen-bond acceptors (Lipinski definition) is 3. The Morgan fingerprint density at radius 1 is 1.10 bits per heavy atom. The van der Waals surface area contributed by atoms with E-state index in [-0.39, 0.29) is 22.4 Å². The Bertz CT molecular complexity index is 740. The number of aldehydes is 1. The molecule has 4 nitrogen and oxygen atoms in total. The van der Waals surface area contributed by atoms with Crippen molar-refractivity contribution in [1.82, 2.24) is 0 Å². The van der Waals surface area contributed by atoms with Gasteiger partial charge < -0.3 is 0 Å². The third-order valence-electron chi connectivity index (χ3n) is 2.75. The molecule has 0 aliphatic rings. The first-order valence-electron chi connectivity index (χ1n) is 5.77. The molecular weight excluding hydrogens is 281 g/mol. The number of nitrogens with one attached hydrogen (secondary N) is 1. The topological polar surface area (TPSA) is 63.2 Å². The molecule has 2 aromatic rings. The van der Waals surface area contributed by atoms with E-state index in [0.29, 0.717) is 0 Å². The van der Waals surface area contributed by atoms with Gasteiger partial charge in [-0.15, -0.1) is 0 Å². The summed E-state index contributed by atoms with van der Waals surface area (Å²) in [6.07, 6.45) is 0.280. The molecule has 0 aromatic heterocycles. The predicted octanol–water partition coefficient (Wildman–Crippen LogP) is 2.75. The van der Waals surface area contributed by atoms with Crippen LogP contribution in [0.3, 0.4) is 0 Å². The van der Waals surface area contributed by atoms with Gasteiger partial charge in [0.25, 0.3) is 10.0 Å². The molecule has 0 aliphatic carbocycles. The largest absolute Gasteiger partial charge is 0.298 e. The van der Waals surface area contributed by atoms with E-state index < -0.39 is 15.8 Å². The van der Waals surface area contributed by atoms with E-state index in [0.717, 1.165) is 11.6 Å². The first-order chi connectivity index (χ1) is 9.44. The molecular formula is C14H12FNO3S. The number of hydrogen-bond donors (Lipinski definition) is 1. The molecule has 20 heavy (non-hydrogen) atoms. The van der Waals surface area contributed by atoms with Crippen LogP contribution < -0.4 is 4.72 Å². The van der Waals surface area contributed by atoms with Crippen LogP contribution in [0.15, 0.2) is 47.4 Å². The molecule has 0 radical (unpaired) electrons. The summed E-state index contributed by atoms with van der Waals surface area (Å²) >= 11 is 0. The molecule has 0 amide bonds. The summed E-state index contributed by atoms with van der Waals surface area (Å²) in [5.74, 6) is -0.774. The molecule has 104 valence electrons. The summed E-state index contributed by atoms with van der Waals surface area (Å²) < 4.78 is 39.9. The molecule has 6 heteroatoms. The summed E-state index contributed by atoms with van der Waals surface area (Å²) in [4.78, 5) is 10.9. The fourth-order valence-corrected chi connectivity index (χ4v) is 2.75. The smallest absolute Gasteiger partial charge is 0.261 e. The minimum atomic E-state index is -3.86. The lowest BCUT2D eigenvalue weighted by Crippen LogP contribution is -2.14. The Hall–Kier alpha value is -2.21. The molecule has 0 fully saturated rings. The van der Waals surface area contributed by atoms with E-state index in [1.807, 2.05) is 6.92 Å².